The molecule has 4 rings (SSSR count). The molecule has 0 unspecified atom stereocenters. The van der Waals surface area contributed by atoms with Gasteiger partial charge in [0.15, 0.2) is 0 Å². The topological polar surface area (TPSA) is 79.7 Å². The lowest BCUT2D eigenvalue weighted by molar-refractivity contribution is -0.140. The van der Waals surface area contributed by atoms with E-state index in [2.05, 4.69) is 18.8 Å². The monoisotopic (exact) mass is 476 g/mol. The molecule has 0 bridgehead atoms. The maximum absolute atomic E-state index is 13.1. The van der Waals surface area contributed by atoms with Gasteiger partial charge in [-0.2, -0.15) is 0 Å². The van der Waals surface area contributed by atoms with Crippen molar-refractivity contribution in [2.45, 2.75) is 26.4 Å². The van der Waals surface area contributed by atoms with Crippen LogP contribution in [0.25, 0.3) is 5.76 Å². The lowest BCUT2D eigenvalue weighted by Crippen LogP contribution is -2.29. The van der Waals surface area contributed by atoms with Crippen LogP contribution in [0.5, 0.6) is 5.75 Å². The van der Waals surface area contributed by atoms with Gasteiger partial charge < -0.3 is 14.7 Å². The van der Waals surface area contributed by atoms with Gasteiger partial charge in [0.05, 0.1) is 18.2 Å². The van der Waals surface area contributed by atoms with Gasteiger partial charge in [0.25, 0.3) is 11.7 Å². The number of pyridine rings is 1. The summed E-state index contributed by atoms with van der Waals surface area (Å²) < 4.78 is 5.71. The molecule has 1 aliphatic rings. The summed E-state index contributed by atoms with van der Waals surface area (Å²) in [4.78, 5) is 31.8. The predicted molar refractivity (Wildman–Crippen MR) is 130 cm³/mol. The zero-order chi connectivity index (χ0) is 24.2. The van der Waals surface area contributed by atoms with Crippen molar-refractivity contribution in [2.75, 3.05) is 6.61 Å². The van der Waals surface area contributed by atoms with Crippen molar-refractivity contribution in [3.05, 3.63) is 100 Å². The normalized spacial score (nSPS) is 17.4. The number of halogens is 1. The van der Waals surface area contributed by atoms with Gasteiger partial charge in [0.1, 0.15) is 11.5 Å². The van der Waals surface area contributed by atoms with Crippen molar-refractivity contribution in [3.8, 4) is 5.75 Å². The van der Waals surface area contributed by atoms with Crippen LogP contribution in [0.1, 0.15) is 36.6 Å². The summed E-state index contributed by atoms with van der Waals surface area (Å²) in [6.45, 7) is 4.86. The minimum atomic E-state index is -0.769. The third-order valence-electron chi connectivity index (χ3n) is 5.51. The quantitative estimate of drug-likeness (QED) is 0.281. The molecule has 7 heteroatoms. The van der Waals surface area contributed by atoms with Crippen molar-refractivity contribution < 1.29 is 19.4 Å². The molecule has 3 aromatic rings. The average molecular weight is 477 g/mol. The van der Waals surface area contributed by atoms with Crippen molar-refractivity contribution >= 4 is 29.1 Å². The van der Waals surface area contributed by atoms with Crippen molar-refractivity contribution in [1.82, 2.24) is 9.88 Å². The van der Waals surface area contributed by atoms with E-state index >= 15 is 0 Å². The molecular weight excluding hydrogens is 452 g/mol. The second kappa shape index (κ2) is 10.1. The van der Waals surface area contributed by atoms with Crippen LogP contribution in [0.4, 0.5) is 0 Å². The van der Waals surface area contributed by atoms with Gasteiger partial charge in [-0.25, -0.2) is 0 Å². The Balaban J connectivity index is 1.75. The maximum Gasteiger partial charge on any atom is 0.295 e. The van der Waals surface area contributed by atoms with Crippen LogP contribution < -0.4 is 4.74 Å². The van der Waals surface area contributed by atoms with Gasteiger partial charge in [-0.15, -0.1) is 0 Å². The molecule has 1 aromatic heterocycles. The number of hydrogen-bond acceptors (Lipinski definition) is 5. The molecular formula is C27H25ClN2O4. The number of benzene rings is 2. The molecule has 1 fully saturated rings. The van der Waals surface area contributed by atoms with Gasteiger partial charge >= 0.3 is 0 Å². The summed E-state index contributed by atoms with van der Waals surface area (Å²) in [6, 6.07) is 16.6. The minimum absolute atomic E-state index is 0.0343. The standard InChI is InChI=1S/C27H25ClN2O4/c1-17(2)16-34-22-11-7-20(8-12-22)25(31)23-24(19-5-9-21(28)10-6-19)30(27(33)26(23)32)15-18-4-3-13-29-14-18/h3-14,17,24,31H,15-16H2,1-2H3/t24-/m0/s1. The number of ether oxygens (including phenoxy) is 1. The first-order valence-corrected chi connectivity index (χ1v) is 11.4. The number of carbonyl (C=O) groups is 2. The van der Waals surface area contributed by atoms with Crippen LogP contribution in [0.2, 0.25) is 5.02 Å². The summed E-state index contributed by atoms with van der Waals surface area (Å²) in [5.41, 5.74) is 1.91. The van der Waals surface area contributed by atoms with Crippen LogP contribution in [-0.4, -0.2) is 33.3 Å². The number of likely N-dealkylation sites (tertiary alicyclic amines) is 1. The zero-order valence-corrected chi connectivity index (χ0v) is 19.7. The highest BCUT2D eigenvalue weighted by Gasteiger charge is 2.46. The largest absolute Gasteiger partial charge is 0.507 e. The fraction of sp³-hybridized carbons (Fsp3) is 0.222. The molecule has 1 atom stereocenters. The first-order chi connectivity index (χ1) is 16.3. The number of aliphatic hydroxyl groups excluding tert-OH is 1. The summed E-state index contributed by atoms with van der Waals surface area (Å²) in [7, 11) is 0. The van der Waals surface area contributed by atoms with E-state index in [0.29, 0.717) is 34.4 Å². The van der Waals surface area contributed by atoms with Crippen LogP contribution in [0, 0.1) is 5.92 Å². The minimum Gasteiger partial charge on any atom is -0.507 e. The molecule has 2 heterocycles. The molecule has 0 spiro atoms. The van der Waals surface area contributed by atoms with E-state index < -0.39 is 17.7 Å². The van der Waals surface area contributed by atoms with E-state index in [9.17, 15) is 14.7 Å². The number of Topliss-reactive ketones (excluding diaryl/α,β-unsaturated/α-hetero) is 1. The highest BCUT2D eigenvalue weighted by atomic mass is 35.5. The molecule has 0 radical (unpaired) electrons. The Morgan fingerprint density at radius 1 is 1.09 bits per heavy atom. The Hall–Kier alpha value is -3.64. The zero-order valence-electron chi connectivity index (χ0n) is 18.9. The smallest absolute Gasteiger partial charge is 0.295 e. The number of aromatic nitrogens is 1. The third-order valence-corrected chi connectivity index (χ3v) is 5.76. The number of amides is 1. The summed E-state index contributed by atoms with van der Waals surface area (Å²) in [5, 5.41) is 11.7. The van der Waals surface area contributed by atoms with Gasteiger partial charge in [-0.05, 0) is 59.5 Å². The van der Waals surface area contributed by atoms with Crippen LogP contribution in [0.15, 0.2) is 78.6 Å². The molecule has 34 heavy (non-hydrogen) atoms. The molecule has 0 aliphatic carbocycles. The van der Waals surface area contributed by atoms with Gasteiger partial charge in [0.2, 0.25) is 0 Å². The molecule has 1 amide bonds. The van der Waals surface area contributed by atoms with E-state index in [4.69, 9.17) is 16.3 Å². The molecule has 0 saturated carbocycles. The Kier molecular flexibility index (Phi) is 6.98. The summed E-state index contributed by atoms with van der Waals surface area (Å²) in [5.74, 6) is -0.606. The maximum atomic E-state index is 13.1. The van der Waals surface area contributed by atoms with Gasteiger partial charge in [-0.3, -0.25) is 14.6 Å². The van der Waals surface area contributed by atoms with Crippen molar-refractivity contribution in [3.63, 3.8) is 0 Å². The SMILES string of the molecule is CC(C)COc1ccc(C(O)=C2C(=O)C(=O)N(Cc3cccnc3)[C@H]2c2ccc(Cl)cc2)cc1. The molecule has 6 nitrogen and oxygen atoms in total. The van der Waals surface area contributed by atoms with Gasteiger partial charge in [0, 0.05) is 29.5 Å². The van der Waals surface area contributed by atoms with E-state index in [-0.39, 0.29) is 17.9 Å². The second-order valence-electron chi connectivity index (χ2n) is 8.57. The van der Waals surface area contributed by atoms with Crippen molar-refractivity contribution in [1.29, 1.82) is 0 Å². The number of carbonyl (C=O) groups excluding carboxylic acids is 2. The van der Waals surface area contributed by atoms with Crippen LogP contribution >= 0.6 is 11.6 Å². The Labute approximate surface area is 203 Å². The molecule has 2 aromatic carbocycles. The Morgan fingerprint density at radius 2 is 1.79 bits per heavy atom. The van der Waals surface area contributed by atoms with E-state index in [1.54, 1.807) is 67.0 Å². The van der Waals surface area contributed by atoms with Crippen molar-refractivity contribution in [2.24, 2.45) is 5.92 Å². The van der Waals surface area contributed by atoms with E-state index in [1.165, 1.54) is 4.90 Å². The third kappa shape index (κ3) is 4.97. The summed E-state index contributed by atoms with van der Waals surface area (Å²) in [6.07, 6.45) is 3.29. The summed E-state index contributed by atoms with van der Waals surface area (Å²) >= 11 is 6.07. The van der Waals surface area contributed by atoms with Gasteiger partial charge in [-0.1, -0.05) is 43.6 Å². The fourth-order valence-corrected chi connectivity index (χ4v) is 3.98. The second-order valence-corrected chi connectivity index (χ2v) is 9.01. The number of rotatable bonds is 7. The molecule has 1 N–H and O–H groups in total. The van der Waals surface area contributed by atoms with Crippen LogP contribution in [0.3, 0.4) is 0 Å². The molecule has 174 valence electrons. The number of aliphatic hydroxyl groups is 1. The predicted octanol–water partition coefficient (Wildman–Crippen LogP) is 5.39. The lowest BCUT2D eigenvalue weighted by atomic mass is 9.95. The fourth-order valence-electron chi connectivity index (χ4n) is 3.85. The number of ketones is 1. The Morgan fingerprint density at radius 3 is 2.41 bits per heavy atom. The first-order valence-electron chi connectivity index (χ1n) is 11.0. The lowest BCUT2D eigenvalue weighted by Gasteiger charge is -2.25. The number of hydrogen-bond donors (Lipinski definition) is 1. The highest BCUT2D eigenvalue weighted by molar-refractivity contribution is 6.46. The van der Waals surface area contributed by atoms with E-state index in [0.717, 1.165) is 5.56 Å². The molecule has 1 saturated heterocycles. The van der Waals surface area contributed by atoms with E-state index in [1.807, 2.05) is 6.07 Å². The van der Waals surface area contributed by atoms with Crippen LogP contribution in [-0.2, 0) is 16.1 Å². The highest BCUT2D eigenvalue weighted by Crippen LogP contribution is 2.40. The number of nitrogens with zero attached hydrogens (tertiary/aromatic N) is 2. The average Bonchev–Trinajstić information content (AvgIpc) is 3.08. The molecule has 1 aliphatic heterocycles. The first kappa shape index (κ1) is 23.5. The Bertz CT molecular complexity index is 1210.